The minimum atomic E-state index is -0.505. The van der Waals surface area contributed by atoms with Crippen LogP contribution in [0, 0.1) is 0 Å². The first-order valence-electron chi connectivity index (χ1n) is 8.08. The number of hydrogen-bond donors (Lipinski definition) is 0. The zero-order valence-corrected chi connectivity index (χ0v) is 15.1. The lowest BCUT2D eigenvalue weighted by atomic mass is 10.00. The number of carbonyl (C=O) groups is 2. The smallest absolute Gasteiger partial charge is 0.410 e. The Hall–Kier alpha value is -1.52. The fourth-order valence-corrected chi connectivity index (χ4v) is 2.04. The molecule has 0 radical (unpaired) electrons. The van der Waals surface area contributed by atoms with Crippen LogP contribution in [0.5, 0.6) is 0 Å². The quantitative estimate of drug-likeness (QED) is 0.572. The molecule has 128 valence electrons. The van der Waals surface area contributed by atoms with E-state index in [0.29, 0.717) is 25.3 Å². The van der Waals surface area contributed by atoms with Crippen LogP contribution in [0.15, 0.2) is 11.1 Å². The van der Waals surface area contributed by atoms with Crippen molar-refractivity contribution in [2.75, 3.05) is 19.7 Å². The Morgan fingerprint density at radius 3 is 2.32 bits per heavy atom. The van der Waals surface area contributed by atoms with E-state index in [-0.39, 0.29) is 12.1 Å². The van der Waals surface area contributed by atoms with Crippen LogP contribution in [0.4, 0.5) is 4.79 Å². The molecule has 0 aliphatic carbocycles. The number of piperidine rings is 1. The molecule has 0 atom stereocenters. The van der Waals surface area contributed by atoms with Gasteiger partial charge in [0.05, 0.1) is 6.61 Å². The fourth-order valence-electron chi connectivity index (χ4n) is 2.04. The molecule has 1 saturated heterocycles. The summed E-state index contributed by atoms with van der Waals surface area (Å²) in [5.41, 5.74) is 1.06. The van der Waals surface area contributed by atoms with E-state index < -0.39 is 5.60 Å². The van der Waals surface area contributed by atoms with E-state index >= 15 is 0 Å². The van der Waals surface area contributed by atoms with Gasteiger partial charge in [-0.1, -0.05) is 13.8 Å². The van der Waals surface area contributed by atoms with Crippen molar-refractivity contribution >= 4 is 12.1 Å². The Morgan fingerprint density at radius 2 is 1.82 bits per heavy atom. The highest BCUT2D eigenvalue weighted by Crippen LogP contribution is 2.21. The molecule has 0 aromatic rings. The van der Waals surface area contributed by atoms with Crippen molar-refractivity contribution in [1.82, 2.24) is 4.90 Å². The molecule has 0 aromatic heterocycles. The molecule has 0 aromatic carbocycles. The van der Waals surface area contributed by atoms with Gasteiger partial charge in [-0.2, -0.15) is 0 Å². The summed E-state index contributed by atoms with van der Waals surface area (Å²) in [5.74, 6) is -0.298. The number of esters is 1. The first-order valence-corrected chi connectivity index (χ1v) is 8.08. The average molecular weight is 313 g/mol. The van der Waals surface area contributed by atoms with Gasteiger partial charge in [0.25, 0.3) is 0 Å². The first-order chi connectivity index (χ1) is 10.2. The standard InChI is InChI=1S/C15H25NO4.C2H6/c1-6-19-13(17)11(2)12-8-7-9-16(10-12)14(18)20-15(3,4)5;1-2/h6-10H2,1-5H3;1-2H3/b12-11-;. The monoisotopic (exact) mass is 313 g/mol. The number of hydrogen-bond acceptors (Lipinski definition) is 4. The molecule has 5 nitrogen and oxygen atoms in total. The van der Waals surface area contributed by atoms with Crippen molar-refractivity contribution < 1.29 is 19.1 Å². The van der Waals surface area contributed by atoms with Crippen LogP contribution in [0.25, 0.3) is 0 Å². The second kappa shape index (κ2) is 9.49. The lowest BCUT2D eigenvalue weighted by Crippen LogP contribution is -2.41. The van der Waals surface area contributed by atoms with Gasteiger partial charge in [-0.25, -0.2) is 9.59 Å². The van der Waals surface area contributed by atoms with Crippen LogP contribution in [0.1, 0.15) is 61.3 Å². The van der Waals surface area contributed by atoms with Crippen molar-refractivity contribution in [2.24, 2.45) is 0 Å². The predicted octanol–water partition coefficient (Wildman–Crippen LogP) is 3.92. The van der Waals surface area contributed by atoms with E-state index in [2.05, 4.69) is 0 Å². The molecule has 1 amide bonds. The number of carbonyl (C=O) groups excluding carboxylic acids is 2. The minimum Gasteiger partial charge on any atom is -0.463 e. The van der Waals surface area contributed by atoms with Crippen molar-refractivity contribution in [3.63, 3.8) is 0 Å². The molecule has 0 N–H and O–H groups in total. The predicted molar refractivity (Wildman–Crippen MR) is 87.7 cm³/mol. The summed E-state index contributed by atoms with van der Waals surface area (Å²) in [6.07, 6.45) is 1.33. The Labute approximate surface area is 134 Å². The van der Waals surface area contributed by atoms with Gasteiger partial charge in [0.15, 0.2) is 0 Å². The summed E-state index contributed by atoms with van der Waals surface area (Å²) in [7, 11) is 0. The normalized spacial score (nSPS) is 17.1. The third-order valence-electron chi connectivity index (χ3n) is 3.05. The third kappa shape index (κ3) is 6.96. The van der Waals surface area contributed by atoms with Crippen molar-refractivity contribution in [1.29, 1.82) is 0 Å². The molecule has 0 saturated carbocycles. The summed E-state index contributed by atoms with van der Waals surface area (Å²) in [6.45, 7) is 14.5. The average Bonchev–Trinajstić information content (AvgIpc) is 2.47. The number of rotatable bonds is 2. The summed E-state index contributed by atoms with van der Waals surface area (Å²) in [5, 5.41) is 0. The molecular weight excluding hydrogens is 282 g/mol. The Bertz CT molecular complexity index is 407. The van der Waals surface area contributed by atoms with E-state index in [1.807, 2.05) is 34.6 Å². The van der Waals surface area contributed by atoms with E-state index in [4.69, 9.17) is 9.47 Å². The molecule has 5 heteroatoms. The van der Waals surface area contributed by atoms with Crippen molar-refractivity contribution in [2.45, 2.75) is 66.9 Å². The molecule has 1 rings (SSSR count). The zero-order valence-electron chi connectivity index (χ0n) is 15.1. The van der Waals surface area contributed by atoms with Gasteiger partial charge in [0, 0.05) is 18.7 Å². The van der Waals surface area contributed by atoms with Crippen LogP contribution in [-0.4, -0.2) is 42.3 Å². The summed E-state index contributed by atoms with van der Waals surface area (Å²) < 4.78 is 10.4. The van der Waals surface area contributed by atoms with Gasteiger partial charge < -0.3 is 14.4 Å². The highest BCUT2D eigenvalue weighted by molar-refractivity contribution is 5.89. The molecular formula is C17H31NO4. The highest BCUT2D eigenvalue weighted by Gasteiger charge is 2.26. The second-order valence-corrected chi connectivity index (χ2v) is 5.95. The van der Waals surface area contributed by atoms with E-state index in [1.165, 1.54) is 0 Å². The minimum absolute atomic E-state index is 0.298. The van der Waals surface area contributed by atoms with Gasteiger partial charge in [0.1, 0.15) is 5.60 Å². The van der Waals surface area contributed by atoms with Crippen molar-refractivity contribution in [3.05, 3.63) is 11.1 Å². The van der Waals surface area contributed by atoms with Crippen molar-refractivity contribution in [3.8, 4) is 0 Å². The van der Waals surface area contributed by atoms with Gasteiger partial charge in [0.2, 0.25) is 0 Å². The molecule has 1 heterocycles. The molecule has 1 aliphatic heterocycles. The number of amides is 1. The summed E-state index contributed by atoms with van der Waals surface area (Å²) in [6, 6.07) is 0. The van der Waals surface area contributed by atoms with E-state index in [0.717, 1.165) is 18.4 Å². The lowest BCUT2D eigenvalue weighted by Gasteiger charge is -2.31. The topological polar surface area (TPSA) is 55.8 Å². The Kier molecular flexibility index (Phi) is 8.83. The van der Waals surface area contributed by atoms with Crippen LogP contribution in [-0.2, 0) is 14.3 Å². The van der Waals surface area contributed by atoms with E-state index in [1.54, 1.807) is 18.7 Å². The number of likely N-dealkylation sites (tertiary alicyclic amines) is 1. The highest BCUT2D eigenvalue weighted by atomic mass is 16.6. The number of nitrogens with zero attached hydrogens (tertiary/aromatic N) is 1. The molecule has 22 heavy (non-hydrogen) atoms. The number of ether oxygens (including phenoxy) is 2. The molecule has 0 unspecified atom stereocenters. The van der Waals surface area contributed by atoms with Crippen LogP contribution in [0.2, 0.25) is 0 Å². The first kappa shape index (κ1) is 20.5. The second-order valence-electron chi connectivity index (χ2n) is 5.95. The summed E-state index contributed by atoms with van der Waals surface area (Å²) in [4.78, 5) is 25.4. The SMILES string of the molecule is CC.CCOC(=O)/C(C)=C1/CCCN(C(=O)OC(C)(C)C)C1. The maximum absolute atomic E-state index is 12.0. The molecule has 0 spiro atoms. The molecule has 0 bridgehead atoms. The third-order valence-corrected chi connectivity index (χ3v) is 3.05. The van der Waals surface area contributed by atoms with Gasteiger partial charge >= 0.3 is 12.1 Å². The maximum atomic E-state index is 12.0. The van der Waals surface area contributed by atoms with Gasteiger partial charge in [-0.3, -0.25) is 0 Å². The van der Waals surface area contributed by atoms with Crippen LogP contribution < -0.4 is 0 Å². The maximum Gasteiger partial charge on any atom is 0.410 e. The summed E-state index contributed by atoms with van der Waals surface area (Å²) >= 11 is 0. The zero-order chi connectivity index (χ0) is 17.3. The Balaban J connectivity index is 0.00000211. The molecule has 1 aliphatic rings. The molecule has 1 fully saturated rings. The van der Waals surface area contributed by atoms with Crippen LogP contribution >= 0.6 is 0 Å². The Morgan fingerprint density at radius 1 is 1.23 bits per heavy atom. The largest absolute Gasteiger partial charge is 0.463 e. The van der Waals surface area contributed by atoms with Crippen LogP contribution in [0.3, 0.4) is 0 Å². The fraction of sp³-hybridized carbons (Fsp3) is 0.765. The van der Waals surface area contributed by atoms with Gasteiger partial charge in [-0.05, 0) is 53.0 Å². The lowest BCUT2D eigenvalue weighted by molar-refractivity contribution is -0.138. The van der Waals surface area contributed by atoms with E-state index in [9.17, 15) is 9.59 Å². The van der Waals surface area contributed by atoms with Gasteiger partial charge in [-0.15, -0.1) is 0 Å².